The van der Waals surface area contributed by atoms with E-state index in [9.17, 15) is 0 Å². The zero-order valence-electron chi connectivity index (χ0n) is 14.9. The molecule has 0 aliphatic carbocycles. The van der Waals surface area contributed by atoms with E-state index in [0.29, 0.717) is 0 Å². The number of imidazole rings is 1. The van der Waals surface area contributed by atoms with Crippen molar-refractivity contribution < 1.29 is 0 Å². The molecule has 3 aromatic carbocycles. The highest BCUT2D eigenvalue weighted by atomic mass is 127. The third kappa shape index (κ3) is 2.56. The molecule has 5 aromatic rings. The van der Waals surface area contributed by atoms with E-state index in [4.69, 9.17) is 16.6 Å². The van der Waals surface area contributed by atoms with Crippen molar-refractivity contribution in [2.75, 3.05) is 0 Å². The second-order valence-electron chi connectivity index (χ2n) is 6.91. The zero-order chi connectivity index (χ0) is 18.7. The van der Waals surface area contributed by atoms with Gasteiger partial charge in [0.05, 0.1) is 16.7 Å². The van der Waals surface area contributed by atoms with E-state index < -0.39 is 0 Å². The number of halogens is 2. The zero-order valence-corrected chi connectivity index (χ0v) is 17.8. The summed E-state index contributed by atoms with van der Waals surface area (Å²) in [5.41, 5.74) is 7.97. The van der Waals surface area contributed by atoms with Gasteiger partial charge in [-0.15, -0.1) is 0 Å². The van der Waals surface area contributed by atoms with Crippen LogP contribution in [0.15, 0.2) is 60.7 Å². The minimum atomic E-state index is 0.729. The number of nitrogens with zero attached hydrogens (tertiary/aromatic N) is 2. The molecule has 0 fully saturated rings. The highest BCUT2D eigenvalue weighted by molar-refractivity contribution is 14.1. The van der Waals surface area contributed by atoms with Gasteiger partial charge in [-0.1, -0.05) is 48.0 Å². The fraction of sp³-hybridized carbons (Fsp3) is 0.0870. The Balaban J connectivity index is 2.10. The van der Waals surface area contributed by atoms with Gasteiger partial charge in [-0.2, -0.15) is 0 Å². The van der Waals surface area contributed by atoms with Crippen molar-refractivity contribution in [3.8, 4) is 11.3 Å². The van der Waals surface area contributed by atoms with Crippen molar-refractivity contribution in [1.29, 1.82) is 0 Å². The summed E-state index contributed by atoms with van der Waals surface area (Å²) >= 11 is 8.79. The van der Waals surface area contributed by atoms with Crippen LogP contribution in [0.1, 0.15) is 11.1 Å². The van der Waals surface area contributed by atoms with Crippen LogP contribution in [0.4, 0.5) is 0 Å². The predicted octanol–water partition coefficient (Wildman–Crippen LogP) is 7.18. The van der Waals surface area contributed by atoms with Gasteiger partial charge in [-0.25, -0.2) is 4.98 Å². The summed E-state index contributed by atoms with van der Waals surface area (Å²) in [5, 5.41) is 2.99. The lowest BCUT2D eigenvalue weighted by molar-refractivity contribution is 1.23. The van der Waals surface area contributed by atoms with Crippen LogP contribution >= 0.6 is 34.2 Å². The number of benzene rings is 3. The lowest BCUT2D eigenvalue weighted by Crippen LogP contribution is -1.98. The van der Waals surface area contributed by atoms with E-state index in [2.05, 4.69) is 83.3 Å². The summed E-state index contributed by atoms with van der Waals surface area (Å²) in [6.07, 6.45) is 0. The fourth-order valence-corrected chi connectivity index (χ4v) is 4.91. The number of rotatable bonds is 1. The Morgan fingerprint density at radius 2 is 1.63 bits per heavy atom. The van der Waals surface area contributed by atoms with Crippen LogP contribution in [0.3, 0.4) is 0 Å². The summed E-state index contributed by atoms with van der Waals surface area (Å²) in [5.74, 6) is 0. The van der Waals surface area contributed by atoms with Gasteiger partial charge in [-0.3, -0.25) is 4.40 Å². The van der Waals surface area contributed by atoms with Crippen molar-refractivity contribution in [3.05, 3.63) is 80.4 Å². The van der Waals surface area contributed by atoms with Crippen molar-refractivity contribution in [3.63, 3.8) is 0 Å². The van der Waals surface area contributed by atoms with Gasteiger partial charge in [0.15, 0.2) is 0 Å². The third-order valence-corrected chi connectivity index (χ3v) is 6.53. The molecular weight excluding hydrogens is 467 g/mol. The second kappa shape index (κ2) is 6.21. The van der Waals surface area contributed by atoms with Gasteiger partial charge in [0, 0.05) is 19.4 Å². The lowest BCUT2D eigenvalue weighted by atomic mass is 10.1. The molecule has 132 valence electrons. The second-order valence-corrected chi connectivity index (χ2v) is 8.43. The van der Waals surface area contributed by atoms with Crippen molar-refractivity contribution in [1.82, 2.24) is 9.38 Å². The average Bonchev–Trinajstić information content (AvgIpc) is 3.01. The van der Waals surface area contributed by atoms with Gasteiger partial charge in [0.2, 0.25) is 0 Å². The fourth-order valence-electron chi connectivity index (χ4n) is 3.71. The van der Waals surface area contributed by atoms with E-state index in [1.54, 1.807) is 0 Å². The normalized spacial score (nSPS) is 11.7. The molecule has 0 saturated carbocycles. The number of aromatic nitrogens is 2. The molecule has 2 heterocycles. The average molecular weight is 483 g/mol. The van der Waals surface area contributed by atoms with E-state index in [1.807, 2.05) is 18.2 Å². The first-order valence-corrected chi connectivity index (χ1v) is 10.3. The highest BCUT2D eigenvalue weighted by Crippen LogP contribution is 2.37. The largest absolute Gasteiger partial charge is 0.291 e. The maximum Gasteiger partial charge on any atom is 0.146 e. The van der Waals surface area contributed by atoms with Gasteiger partial charge >= 0.3 is 0 Å². The molecule has 0 spiro atoms. The SMILES string of the molecule is Cc1cc2nc3c4cc(Cl)ccc4c(I)c(-c4ccccc4)n3c2cc1C. The topological polar surface area (TPSA) is 17.3 Å². The van der Waals surface area contributed by atoms with Crippen LogP contribution in [0.5, 0.6) is 0 Å². The van der Waals surface area contributed by atoms with Gasteiger partial charge < -0.3 is 0 Å². The van der Waals surface area contributed by atoms with Crippen molar-refractivity contribution >= 4 is 61.6 Å². The lowest BCUT2D eigenvalue weighted by Gasteiger charge is -2.14. The molecular formula is C23H16ClIN2. The Bertz CT molecular complexity index is 1350. The van der Waals surface area contributed by atoms with Crippen LogP contribution < -0.4 is 0 Å². The Hall–Kier alpha value is -2.11. The minimum Gasteiger partial charge on any atom is -0.291 e. The molecule has 0 amide bonds. The number of fused-ring (bicyclic) bond motifs is 5. The summed E-state index contributed by atoms with van der Waals surface area (Å²) in [6, 6.07) is 21.0. The Kier molecular flexibility index (Phi) is 3.92. The van der Waals surface area contributed by atoms with Gasteiger partial charge in [0.25, 0.3) is 0 Å². The smallest absolute Gasteiger partial charge is 0.146 e. The standard InChI is InChI=1S/C23H16ClIN2/c1-13-10-19-20(11-14(13)2)27-22(15-6-4-3-5-7-15)21(25)17-9-8-16(24)12-18(17)23(27)26-19/h3-12H,1-2H3. The molecule has 0 unspecified atom stereocenters. The molecule has 0 aliphatic heterocycles. The summed E-state index contributed by atoms with van der Waals surface area (Å²) in [6.45, 7) is 4.29. The van der Waals surface area contributed by atoms with Crippen LogP contribution in [-0.2, 0) is 0 Å². The first kappa shape index (κ1) is 17.0. The Morgan fingerprint density at radius 1 is 0.889 bits per heavy atom. The monoisotopic (exact) mass is 482 g/mol. The van der Waals surface area contributed by atoms with Gasteiger partial charge in [0.1, 0.15) is 5.65 Å². The first-order valence-electron chi connectivity index (χ1n) is 8.80. The molecule has 0 radical (unpaired) electrons. The minimum absolute atomic E-state index is 0.729. The molecule has 5 rings (SSSR count). The molecule has 0 saturated heterocycles. The van der Waals surface area contributed by atoms with Crippen LogP contribution in [0, 0.1) is 17.4 Å². The quantitative estimate of drug-likeness (QED) is 0.231. The molecule has 27 heavy (non-hydrogen) atoms. The summed E-state index contributed by atoms with van der Waals surface area (Å²) in [7, 11) is 0. The van der Waals surface area contributed by atoms with Crippen LogP contribution in [0.2, 0.25) is 5.02 Å². The van der Waals surface area contributed by atoms with Crippen LogP contribution in [0.25, 0.3) is 38.7 Å². The molecule has 0 N–H and O–H groups in total. The van der Waals surface area contributed by atoms with E-state index >= 15 is 0 Å². The molecule has 2 nitrogen and oxygen atoms in total. The molecule has 0 aliphatic rings. The predicted molar refractivity (Wildman–Crippen MR) is 123 cm³/mol. The van der Waals surface area contributed by atoms with Crippen molar-refractivity contribution in [2.45, 2.75) is 13.8 Å². The van der Waals surface area contributed by atoms with E-state index in [-0.39, 0.29) is 0 Å². The van der Waals surface area contributed by atoms with Crippen molar-refractivity contribution in [2.24, 2.45) is 0 Å². The van der Waals surface area contributed by atoms with Crippen LogP contribution in [-0.4, -0.2) is 9.38 Å². The Morgan fingerprint density at radius 3 is 2.41 bits per heavy atom. The number of pyridine rings is 1. The number of aryl methyl sites for hydroxylation is 2. The number of hydrogen-bond donors (Lipinski definition) is 0. The van der Waals surface area contributed by atoms with E-state index in [0.717, 1.165) is 27.1 Å². The molecule has 2 aromatic heterocycles. The molecule has 4 heteroatoms. The highest BCUT2D eigenvalue weighted by Gasteiger charge is 2.19. The number of hydrogen-bond acceptors (Lipinski definition) is 1. The Labute approximate surface area is 175 Å². The maximum atomic E-state index is 6.34. The maximum absolute atomic E-state index is 6.34. The van der Waals surface area contributed by atoms with E-state index in [1.165, 1.54) is 31.3 Å². The van der Waals surface area contributed by atoms with Gasteiger partial charge in [-0.05, 0) is 77.4 Å². The molecule has 0 bridgehead atoms. The summed E-state index contributed by atoms with van der Waals surface area (Å²) < 4.78 is 3.49. The first-order chi connectivity index (χ1) is 13.0. The molecule has 0 atom stereocenters. The third-order valence-electron chi connectivity index (χ3n) is 5.21. The summed E-state index contributed by atoms with van der Waals surface area (Å²) in [4.78, 5) is 5.01.